The number of rotatable bonds is 5. The monoisotopic (exact) mass is 788 g/mol. The van der Waals surface area contributed by atoms with E-state index in [2.05, 4.69) is 148 Å². The first-order chi connectivity index (χ1) is 29.7. The lowest BCUT2D eigenvalue weighted by atomic mass is 10.1. The summed E-state index contributed by atoms with van der Waals surface area (Å²) in [5, 5.41) is 11.6. The Morgan fingerprint density at radius 1 is 0.517 bits per heavy atom. The lowest BCUT2D eigenvalue weighted by Crippen LogP contribution is -2.36. The predicted octanol–water partition coefficient (Wildman–Crippen LogP) is 13.0. The van der Waals surface area contributed by atoms with Gasteiger partial charge >= 0.3 is 0 Å². The molecule has 0 fully saturated rings. The Morgan fingerprint density at radius 3 is 2.00 bits per heavy atom. The van der Waals surface area contributed by atoms with E-state index in [0.717, 1.165) is 98.2 Å². The Kier molecular flexibility index (Phi) is 7.11. The summed E-state index contributed by atoms with van der Waals surface area (Å²) in [7, 11) is 0. The van der Waals surface area contributed by atoms with Crippen LogP contribution in [0.15, 0.2) is 196 Å². The van der Waals surface area contributed by atoms with Crippen LogP contribution in [0.25, 0.3) is 92.0 Å². The van der Waals surface area contributed by atoms with Gasteiger partial charge in [-0.05, 0) is 48.5 Å². The summed E-state index contributed by atoms with van der Waals surface area (Å²) in [6.07, 6.45) is -0.507. The first-order valence-electron chi connectivity index (χ1n) is 20.1. The number of benzene rings is 8. The van der Waals surface area contributed by atoms with E-state index < -0.39 is 6.29 Å². The molecule has 13 rings (SSSR count). The predicted molar refractivity (Wildman–Crippen MR) is 248 cm³/mol. The zero-order valence-corrected chi connectivity index (χ0v) is 32.8. The topological polar surface area (TPSA) is 72.6 Å². The van der Waals surface area contributed by atoms with E-state index in [1.807, 2.05) is 48.5 Å². The zero-order valence-electron chi connectivity index (χ0n) is 32.0. The standard InChI is InChI=1S/C52H32N6OS/c1-3-14-31(15-4-1)49-54-50(32-16-5-2-6-17-32)56-52(55-49)58-42-23-11-8-19-35(42)38-28-27-37-34-18-7-10-22-41(34)57(46(37)47(38)58)43-24-13-21-40-48(43)60-51(53-40)33-26-29-45-39(30-33)36-20-9-12-25-44(36)59-45/h1-30,52H,(H,54,55,56). The summed E-state index contributed by atoms with van der Waals surface area (Å²) in [6, 6.07) is 63.7. The van der Waals surface area contributed by atoms with Gasteiger partial charge in [0.15, 0.2) is 5.84 Å². The van der Waals surface area contributed by atoms with Crippen LogP contribution in [0.2, 0.25) is 0 Å². The van der Waals surface area contributed by atoms with E-state index in [1.165, 1.54) is 10.8 Å². The molecule has 1 atom stereocenters. The molecule has 8 heteroatoms. The van der Waals surface area contributed by atoms with Crippen LogP contribution in [0.4, 0.5) is 0 Å². The third kappa shape index (κ3) is 4.91. The average molecular weight is 789 g/mol. The number of fused-ring (bicyclic) bond motifs is 11. The highest BCUT2D eigenvalue weighted by molar-refractivity contribution is 7.22. The average Bonchev–Trinajstić information content (AvgIpc) is 4.09. The molecule has 0 radical (unpaired) electrons. The highest BCUT2D eigenvalue weighted by Gasteiger charge is 2.28. The van der Waals surface area contributed by atoms with Crippen molar-refractivity contribution < 1.29 is 4.42 Å². The minimum absolute atomic E-state index is 0.507. The number of hydrogen-bond acceptors (Lipinski definition) is 6. The highest BCUT2D eigenvalue weighted by atomic mass is 32.1. The van der Waals surface area contributed by atoms with Crippen molar-refractivity contribution in [1.82, 2.24) is 19.4 Å². The highest BCUT2D eigenvalue weighted by Crippen LogP contribution is 2.44. The number of aliphatic imine (C=N–C) groups is 2. The molecule has 1 aliphatic heterocycles. The maximum absolute atomic E-state index is 6.18. The van der Waals surface area contributed by atoms with E-state index in [0.29, 0.717) is 5.84 Å². The summed E-state index contributed by atoms with van der Waals surface area (Å²) in [5.74, 6) is 1.46. The van der Waals surface area contributed by atoms with Gasteiger partial charge in [0.05, 0.1) is 38.0 Å². The van der Waals surface area contributed by atoms with Crippen LogP contribution in [-0.4, -0.2) is 25.8 Å². The lowest BCUT2D eigenvalue weighted by molar-refractivity contribution is 0.516. The first kappa shape index (κ1) is 33.2. The Labute approximate surface area is 346 Å². The molecular formula is C52H32N6OS. The SMILES string of the molecule is c1ccc(C2=NC(n3c4ccccc4c4ccc5c6ccccc6n(-c6cccc7nc(-c8ccc9oc%10ccccc%10c9c8)sc67)c5c43)NC(c3ccccc3)=N2)cc1. The quantitative estimate of drug-likeness (QED) is 0.189. The fourth-order valence-corrected chi connectivity index (χ4v) is 10.2. The summed E-state index contributed by atoms with van der Waals surface area (Å²) < 4.78 is 12.1. The molecule has 1 aliphatic rings. The number of para-hydroxylation sites is 3. The van der Waals surface area contributed by atoms with Crippen LogP contribution < -0.4 is 5.32 Å². The molecule has 1 unspecified atom stereocenters. The van der Waals surface area contributed by atoms with Gasteiger partial charge in [-0.2, -0.15) is 0 Å². The van der Waals surface area contributed by atoms with Gasteiger partial charge in [-0.1, -0.05) is 133 Å². The molecule has 0 aliphatic carbocycles. The third-order valence-electron chi connectivity index (χ3n) is 11.8. The second-order valence-corrected chi connectivity index (χ2v) is 16.2. The number of hydrogen-bond donors (Lipinski definition) is 1. The van der Waals surface area contributed by atoms with Crippen molar-refractivity contribution in [2.24, 2.45) is 9.98 Å². The fourth-order valence-electron chi connectivity index (χ4n) is 9.16. The zero-order chi connectivity index (χ0) is 39.3. The molecular weight excluding hydrogens is 757 g/mol. The van der Waals surface area contributed by atoms with Gasteiger partial charge in [-0.25, -0.2) is 15.0 Å². The minimum atomic E-state index is -0.507. The van der Waals surface area contributed by atoms with Gasteiger partial charge in [0.25, 0.3) is 0 Å². The number of amidine groups is 2. The molecule has 8 aromatic carbocycles. The Balaban J connectivity index is 1.09. The van der Waals surface area contributed by atoms with Crippen molar-refractivity contribution >= 4 is 98.8 Å². The molecule has 0 spiro atoms. The van der Waals surface area contributed by atoms with E-state index in [9.17, 15) is 0 Å². The lowest BCUT2D eigenvalue weighted by Gasteiger charge is -2.26. The number of aromatic nitrogens is 3. The summed E-state index contributed by atoms with van der Waals surface area (Å²) >= 11 is 1.73. The van der Waals surface area contributed by atoms with Gasteiger partial charge in [0.1, 0.15) is 22.0 Å². The van der Waals surface area contributed by atoms with Crippen LogP contribution in [-0.2, 0) is 0 Å². The van der Waals surface area contributed by atoms with Gasteiger partial charge in [0, 0.05) is 49.0 Å². The summed E-state index contributed by atoms with van der Waals surface area (Å²) in [4.78, 5) is 15.8. The Bertz CT molecular complexity index is 3760. The molecule has 0 saturated carbocycles. The molecule has 0 saturated heterocycles. The third-order valence-corrected chi connectivity index (χ3v) is 13.0. The number of furan rings is 1. The molecule has 4 aromatic heterocycles. The number of thiazole rings is 1. The molecule has 0 bridgehead atoms. The molecule has 1 N–H and O–H groups in total. The van der Waals surface area contributed by atoms with Gasteiger partial charge in [0.2, 0.25) is 6.29 Å². The van der Waals surface area contributed by atoms with Crippen molar-refractivity contribution in [1.29, 1.82) is 0 Å². The van der Waals surface area contributed by atoms with E-state index in [-0.39, 0.29) is 0 Å². The van der Waals surface area contributed by atoms with E-state index in [4.69, 9.17) is 19.4 Å². The molecule has 282 valence electrons. The van der Waals surface area contributed by atoms with Crippen LogP contribution in [0.5, 0.6) is 0 Å². The van der Waals surface area contributed by atoms with E-state index in [1.54, 1.807) is 11.3 Å². The molecule has 60 heavy (non-hydrogen) atoms. The molecule has 5 heterocycles. The van der Waals surface area contributed by atoms with Crippen LogP contribution >= 0.6 is 11.3 Å². The van der Waals surface area contributed by atoms with Crippen molar-refractivity contribution in [3.8, 4) is 16.3 Å². The smallest absolute Gasteiger partial charge is 0.204 e. The summed E-state index contributed by atoms with van der Waals surface area (Å²) in [6.45, 7) is 0. The van der Waals surface area contributed by atoms with Crippen molar-refractivity contribution in [3.05, 3.63) is 193 Å². The van der Waals surface area contributed by atoms with Gasteiger partial charge in [-0.15, -0.1) is 11.3 Å². The molecule has 7 nitrogen and oxygen atoms in total. The summed E-state index contributed by atoms with van der Waals surface area (Å²) in [5.41, 5.74) is 11.2. The Morgan fingerprint density at radius 2 is 1.18 bits per heavy atom. The van der Waals surface area contributed by atoms with E-state index >= 15 is 0 Å². The van der Waals surface area contributed by atoms with Crippen molar-refractivity contribution in [2.45, 2.75) is 6.29 Å². The fraction of sp³-hybridized carbons (Fsp3) is 0.0192. The number of nitrogens with zero attached hydrogens (tertiary/aromatic N) is 5. The van der Waals surface area contributed by atoms with Crippen LogP contribution in [0.1, 0.15) is 17.4 Å². The molecule has 12 aromatic rings. The van der Waals surface area contributed by atoms with Gasteiger partial charge in [-0.3, -0.25) is 4.57 Å². The second kappa shape index (κ2) is 12.8. The Hall–Kier alpha value is -7.81. The molecule has 0 amide bonds. The van der Waals surface area contributed by atoms with Crippen molar-refractivity contribution in [2.75, 3.05) is 0 Å². The van der Waals surface area contributed by atoms with Crippen LogP contribution in [0, 0.1) is 0 Å². The van der Waals surface area contributed by atoms with Crippen molar-refractivity contribution in [3.63, 3.8) is 0 Å². The normalized spacial score (nSPS) is 14.5. The number of nitrogens with one attached hydrogen (secondary N) is 1. The second-order valence-electron chi connectivity index (χ2n) is 15.2. The van der Waals surface area contributed by atoms with Gasteiger partial charge < -0.3 is 14.3 Å². The van der Waals surface area contributed by atoms with Crippen LogP contribution in [0.3, 0.4) is 0 Å². The first-order valence-corrected chi connectivity index (χ1v) is 20.9. The maximum Gasteiger partial charge on any atom is 0.204 e. The largest absolute Gasteiger partial charge is 0.456 e. The minimum Gasteiger partial charge on any atom is -0.456 e. The maximum atomic E-state index is 6.18.